The average Bonchev–Trinajstić information content (AvgIpc) is 2.74. The second-order valence-corrected chi connectivity index (χ2v) is 6.93. The van der Waals surface area contributed by atoms with E-state index in [1.807, 2.05) is 31.2 Å². The van der Waals surface area contributed by atoms with E-state index >= 15 is 0 Å². The zero-order valence-electron chi connectivity index (χ0n) is 16.4. The predicted octanol–water partition coefficient (Wildman–Crippen LogP) is 4.79. The van der Waals surface area contributed by atoms with Crippen molar-refractivity contribution in [2.24, 2.45) is 0 Å². The number of aromatic amines is 1. The molecule has 31 heavy (non-hydrogen) atoms. The average molecular weight is 415 g/mol. The molecule has 2 N–H and O–H groups in total. The summed E-state index contributed by atoms with van der Waals surface area (Å²) in [6.45, 7) is 1.97. The summed E-state index contributed by atoms with van der Waals surface area (Å²) < 4.78 is 5.79. The van der Waals surface area contributed by atoms with Gasteiger partial charge in [-0.05, 0) is 55.0 Å². The van der Waals surface area contributed by atoms with Gasteiger partial charge in [0.15, 0.2) is 0 Å². The first-order valence-electron chi connectivity index (χ1n) is 9.36. The molecule has 1 heterocycles. The fourth-order valence-corrected chi connectivity index (χ4v) is 3.16. The summed E-state index contributed by atoms with van der Waals surface area (Å²) in [6, 6.07) is 19.4. The Hall–Kier alpha value is -4.46. The number of hydrogen-bond donors (Lipinski definition) is 2. The minimum Gasteiger partial charge on any atom is -0.457 e. The van der Waals surface area contributed by atoms with Crippen LogP contribution in [0.1, 0.15) is 15.9 Å². The molecule has 0 saturated carbocycles. The molecule has 1 aromatic heterocycles. The van der Waals surface area contributed by atoms with Crippen LogP contribution < -0.4 is 15.6 Å². The molecule has 0 spiro atoms. The number of nitro groups is 1. The van der Waals surface area contributed by atoms with Crippen LogP contribution in [0.15, 0.2) is 77.6 Å². The van der Waals surface area contributed by atoms with Crippen LogP contribution in [0, 0.1) is 17.0 Å². The fraction of sp³-hybridized carbons (Fsp3) is 0.0435. The molecular weight excluding hydrogens is 398 g/mol. The first kappa shape index (κ1) is 19.8. The molecule has 0 fully saturated rings. The Labute approximate surface area is 176 Å². The van der Waals surface area contributed by atoms with E-state index in [4.69, 9.17) is 4.74 Å². The zero-order valence-corrected chi connectivity index (χ0v) is 16.4. The summed E-state index contributed by atoms with van der Waals surface area (Å²) in [5.41, 5.74) is 1.29. The summed E-state index contributed by atoms with van der Waals surface area (Å²) in [5, 5.41) is 14.1. The number of H-pyrrole nitrogens is 1. The van der Waals surface area contributed by atoms with Crippen LogP contribution in [-0.4, -0.2) is 15.8 Å². The lowest BCUT2D eigenvalue weighted by Crippen LogP contribution is -2.17. The van der Waals surface area contributed by atoms with Gasteiger partial charge in [-0.3, -0.25) is 19.7 Å². The van der Waals surface area contributed by atoms with Crippen LogP contribution in [-0.2, 0) is 0 Å². The van der Waals surface area contributed by atoms with E-state index in [1.54, 1.807) is 24.3 Å². The van der Waals surface area contributed by atoms with Crippen molar-refractivity contribution in [3.63, 3.8) is 0 Å². The number of aryl methyl sites for hydroxylation is 1. The SMILES string of the molecule is Cc1cccc(Oc2ccc(NC(=O)c3cc(=O)[nH]c4ccc([N+](=O)[O-])cc34)cc2)c1. The summed E-state index contributed by atoms with van der Waals surface area (Å²) in [4.78, 5) is 37.9. The number of fused-ring (bicyclic) bond motifs is 1. The van der Waals surface area contributed by atoms with Gasteiger partial charge in [-0.15, -0.1) is 0 Å². The van der Waals surface area contributed by atoms with Crippen molar-refractivity contribution < 1.29 is 14.5 Å². The molecule has 4 aromatic rings. The minimum absolute atomic E-state index is 0.0440. The molecule has 3 aromatic carbocycles. The Morgan fingerprint density at radius 1 is 1.00 bits per heavy atom. The van der Waals surface area contributed by atoms with Gasteiger partial charge in [-0.1, -0.05) is 12.1 Å². The van der Waals surface area contributed by atoms with Crippen LogP contribution in [0.25, 0.3) is 10.9 Å². The molecular formula is C23H17N3O5. The fourth-order valence-electron chi connectivity index (χ4n) is 3.16. The van der Waals surface area contributed by atoms with Crippen LogP contribution in [0.2, 0.25) is 0 Å². The Morgan fingerprint density at radius 2 is 1.77 bits per heavy atom. The van der Waals surface area contributed by atoms with Crippen LogP contribution in [0.5, 0.6) is 11.5 Å². The van der Waals surface area contributed by atoms with Crippen molar-refractivity contribution in [2.45, 2.75) is 6.92 Å². The van der Waals surface area contributed by atoms with Gasteiger partial charge in [0.2, 0.25) is 5.56 Å². The number of nitrogens with zero attached hydrogens (tertiary/aromatic N) is 1. The lowest BCUT2D eigenvalue weighted by Gasteiger charge is -2.10. The second kappa shape index (κ2) is 8.11. The lowest BCUT2D eigenvalue weighted by atomic mass is 10.1. The van der Waals surface area contributed by atoms with Gasteiger partial charge in [-0.2, -0.15) is 0 Å². The minimum atomic E-state index is -0.556. The normalized spacial score (nSPS) is 10.6. The molecule has 0 saturated heterocycles. The Morgan fingerprint density at radius 3 is 2.48 bits per heavy atom. The predicted molar refractivity (Wildman–Crippen MR) is 117 cm³/mol. The van der Waals surface area contributed by atoms with Crippen LogP contribution in [0.3, 0.4) is 0 Å². The van der Waals surface area contributed by atoms with E-state index in [-0.39, 0.29) is 16.6 Å². The van der Waals surface area contributed by atoms with Crippen molar-refractivity contribution in [1.82, 2.24) is 4.98 Å². The molecule has 0 atom stereocenters. The van der Waals surface area contributed by atoms with Gasteiger partial charge in [0, 0.05) is 34.8 Å². The van der Waals surface area contributed by atoms with Gasteiger partial charge in [0.05, 0.1) is 10.5 Å². The number of nitro benzene ring substituents is 1. The molecule has 0 unspecified atom stereocenters. The maximum absolute atomic E-state index is 12.8. The number of rotatable bonds is 5. The highest BCUT2D eigenvalue weighted by atomic mass is 16.6. The van der Waals surface area contributed by atoms with E-state index < -0.39 is 16.4 Å². The maximum Gasteiger partial charge on any atom is 0.270 e. The number of nitrogens with one attached hydrogen (secondary N) is 2. The third-order valence-electron chi connectivity index (χ3n) is 4.62. The van der Waals surface area contributed by atoms with Crippen LogP contribution in [0.4, 0.5) is 11.4 Å². The second-order valence-electron chi connectivity index (χ2n) is 6.93. The molecule has 0 aliphatic heterocycles. The Balaban J connectivity index is 1.58. The molecule has 154 valence electrons. The van der Waals surface area contributed by atoms with Crippen molar-refractivity contribution in [2.75, 3.05) is 5.32 Å². The number of carbonyl (C=O) groups excluding carboxylic acids is 1. The van der Waals surface area contributed by atoms with Crippen molar-refractivity contribution in [3.05, 3.63) is 104 Å². The van der Waals surface area contributed by atoms with E-state index in [0.29, 0.717) is 22.7 Å². The largest absolute Gasteiger partial charge is 0.457 e. The zero-order chi connectivity index (χ0) is 22.0. The molecule has 0 bridgehead atoms. The molecule has 8 nitrogen and oxygen atoms in total. The van der Waals surface area contributed by atoms with Gasteiger partial charge in [0.1, 0.15) is 11.5 Å². The number of aromatic nitrogens is 1. The van der Waals surface area contributed by atoms with E-state index in [1.165, 1.54) is 18.2 Å². The molecule has 0 aliphatic carbocycles. The quantitative estimate of drug-likeness (QED) is 0.359. The highest BCUT2D eigenvalue weighted by Crippen LogP contribution is 2.25. The smallest absolute Gasteiger partial charge is 0.270 e. The van der Waals surface area contributed by atoms with E-state index in [2.05, 4.69) is 10.3 Å². The number of hydrogen-bond acceptors (Lipinski definition) is 5. The molecule has 4 rings (SSSR count). The summed E-state index contributed by atoms with van der Waals surface area (Å²) in [7, 11) is 0. The number of carbonyl (C=O) groups is 1. The molecule has 0 radical (unpaired) electrons. The van der Waals surface area contributed by atoms with Gasteiger partial charge >= 0.3 is 0 Å². The number of anilines is 1. The number of ether oxygens (including phenoxy) is 1. The summed E-state index contributed by atoms with van der Waals surface area (Å²) in [6.07, 6.45) is 0. The molecule has 0 aliphatic rings. The van der Waals surface area contributed by atoms with E-state index in [0.717, 1.165) is 11.6 Å². The number of benzene rings is 3. The van der Waals surface area contributed by atoms with E-state index in [9.17, 15) is 19.7 Å². The lowest BCUT2D eigenvalue weighted by molar-refractivity contribution is -0.384. The highest BCUT2D eigenvalue weighted by Gasteiger charge is 2.15. The standard InChI is InChI=1S/C23H17N3O5/c1-14-3-2-4-18(11-14)31-17-8-5-15(6-9-17)24-23(28)20-13-22(27)25-21-10-7-16(26(29)30)12-19(20)21/h2-13H,1H3,(H,24,28)(H,25,27). The Kier molecular flexibility index (Phi) is 5.19. The maximum atomic E-state index is 12.8. The third kappa shape index (κ3) is 4.43. The van der Waals surface area contributed by atoms with Crippen molar-refractivity contribution in [3.8, 4) is 11.5 Å². The number of non-ortho nitro benzene ring substituents is 1. The first-order chi connectivity index (χ1) is 14.9. The third-order valence-corrected chi connectivity index (χ3v) is 4.62. The number of amides is 1. The molecule has 1 amide bonds. The monoisotopic (exact) mass is 415 g/mol. The number of pyridine rings is 1. The Bertz CT molecular complexity index is 1360. The van der Waals surface area contributed by atoms with Crippen molar-refractivity contribution in [1.29, 1.82) is 0 Å². The first-order valence-corrected chi connectivity index (χ1v) is 9.36. The topological polar surface area (TPSA) is 114 Å². The summed E-state index contributed by atoms with van der Waals surface area (Å²) >= 11 is 0. The summed E-state index contributed by atoms with van der Waals surface area (Å²) in [5.74, 6) is 0.748. The van der Waals surface area contributed by atoms with Gasteiger partial charge < -0.3 is 15.0 Å². The van der Waals surface area contributed by atoms with Crippen molar-refractivity contribution >= 4 is 28.2 Å². The van der Waals surface area contributed by atoms with Gasteiger partial charge in [-0.25, -0.2) is 0 Å². The highest BCUT2D eigenvalue weighted by molar-refractivity contribution is 6.12. The van der Waals surface area contributed by atoms with Gasteiger partial charge in [0.25, 0.3) is 11.6 Å². The molecule has 8 heteroatoms. The van der Waals surface area contributed by atoms with Crippen LogP contribution >= 0.6 is 0 Å².